The lowest BCUT2D eigenvalue weighted by molar-refractivity contribution is -0.144. The third kappa shape index (κ3) is 5.22. The number of aldehydes is 1. The summed E-state index contributed by atoms with van der Waals surface area (Å²) in [5.74, 6) is -0.0139. The summed E-state index contributed by atoms with van der Waals surface area (Å²) in [5.41, 5.74) is 0. The van der Waals surface area contributed by atoms with Gasteiger partial charge >= 0.3 is 11.9 Å². The van der Waals surface area contributed by atoms with Gasteiger partial charge in [0, 0.05) is 12.0 Å². The number of rotatable bonds is 7. The summed E-state index contributed by atoms with van der Waals surface area (Å²) < 4.78 is 15.3. The van der Waals surface area contributed by atoms with E-state index in [1.54, 1.807) is 24.3 Å². The second-order valence-electron chi connectivity index (χ2n) is 5.57. The Morgan fingerprint density at radius 1 is 1.08 bits per heavy atom. The van der Waals surface area contributed by atoms with E-state index in [1.807, 2.05) is 0 Å². The van der Waals surface area contributed by atoms with Crippen LogP contribution in [0.1, 0.15) is 25.7 Å². The topological polar surface area (TPSA) is 78.9 Å². The first kappa shape index (κ1) is 17.7. The Bertz CT molecular complexity index is 584. The molecule has 128 valence electrons. The standard InChI is InChI=1S/C18H20O6/c1-2-17(20)23-12-22-15-7-9-16(10-8-15)24-18(21)14-5-3-13(11-19)4-6-14/h2,7-11,13-14H,1,3-6,12H2. The highest BCUT2D eigenvalue weighted by Gasteiger charge is 2.27. The number of ether oxygens (including phenoxy) is 3. The van der Waals surface area contributed by atoms with Crippen LogP contribution in [0.3, 0.4) is 0 Å². The molecule has 6 nitrogen and oxygen atoms in total. The lowest BCUT2D eigenvalue weighted by Gasteiger charge is -2.23. The van der Waals surface area contributed by atoms with Gasteiger partial charge in [-0.05, 0) is 49.9 Å². The molecule has 1 aliphatic rings. The Hall–Kier alpha value is -2.63. The summed E-state index contributed by atoms with van der Waals surface area (Å²) in [6.45, 7) is 3.06. The van der Waals surface area contributed by atoms with Gasteiger partial charge in [-0.3, -0.25) is 4.79 Å². The second-order valence-corrected chi connectivity index (χ2v) is 5.57. The first-order valence-electron chi connectivity index (χ1n) is 7.81. The number of carbonyl (C=O) groups excluding carboxylic acids is 3. The molecule has 0 saturated heterocycles. The fourth-order valence-electron chi connectivity index (χ4n) is 2.51. The largest absolute Gasteiger partial charge is 0.457 e. The van der Waals surface area contributed by atoms with E-state index in [9.17, 15) is 14.4 Å². The van der Waals surface area contributed by atoms with Crippen LogP contribution in [0.4, 0.5) is 0 Å². The van der Waals surface area contributed by atoms with Crippen LogP contribution in [0, 0.1) is 11.8 Å². The van der Waals surface area contributed by atoms with Crippen LogP contribution in [0.15, 0.2) is 36.9 Å². The van der Waals surface area contributed by atoms with Gasteiger partial charge in [0.25, 0.3) is 0 Å². The molecule has 24 heavy (non-hydrogen) atoms. The molecular formula is C18H20O6. The SMILES string of the molecule is C=CC(=O)OCOc1ccc(OC(=O)C2CCC(C=O)CC2)cc1. The van der Waals surface area contributed by atoms with Gasteiger partial charge in [-0.2, -0.15) is 0 Å². The number of carbonyl (C=O) groups is 3. The van der Waals surface area contributed by atoms with Gasteiger partial charge in [0.2, 0.25) is 6.79 Å². The maximum absolute atomic E-state index is 12.1. The molecule has 0 heterocycles. The summed E-state index contributed by atoms with van der Waals surface area (Å²) in [7, 11) is 0. The van der Waals surface area contributed by atoms with Gasteiger partial charge in [-0.1, -0.05) is 6.58 Å². The predicted octanol–water partition coefficient (Wildman–Crippen LogP) is 2.66. The van der Waals surface area contributed by atoms with Crippen LogP contribution in [0.5, 0.6) is 11.5 Å². The van der Waals surface area contributed by atoms with Gasteiger partial charge in [0.15, 0.2) is 0 Å². The van der Waals surface area contributed by atoms with E-state index in [4.69, 9.17) is 14.2 Å². The van der Waals surface area contributed by atoms with Crippen molar-refractivity contribution in [2.45, 2.75) is 25.7 Å². The Labute approximate surface area is 140 Å². The van der Waals surface area contributed by atoms with Crippen molar-refractivity contribution < 1.29 is 28.6 Å². The average Bonchev–Trinajstić information content (AvgIpc) is 2.63. The molecule has 0 N–H and O–H groups in total. The van der Waals surface area contributed by atoms with Gasteiger partial charge in [-0.15, -0.1) is 0 Å². The van der Waals surface area contributed by atoms with Crippen molar-refractivity contribution in [3.05, 3.63) is 36.9 Å². The maximum atomic E-state index is 12.1. The van der Waals surface area contributed by atoms with E-state index < -0.39 is 5.97 Å². The van der Waals surface area contributed by atoms with Crippen LogP contribution in [0.2, 0.25) is 0 Å². The molecule has 1 aromatic carbocycles. The molecule has 0 aliphatic heterocycles. The summed E-state index contributed by atoms with van der Waals surface area (Å²) in [6, 6.07) is 6.46. The van der Waals surface area contributed by atoms with E-state index in [2.05, 4.69) is 6.58 Å². The third-order valence-electron chi connectivity index (χ3n) is 3.93. The Morgan fingerprint density at radius 2 is 1.71 bits per heavy atom. The zero-order valence-electron chi connectivity index (χ0n) is 13.3. The molecule has 0 amide bonds. The molecule has 1 fully saturated rings. The minimum Gasteiger partial charge on any atom is -0.457 e. The molecule has 0 bridgehead atoms. The van der Waals surface area contributed by atoms with Crippen LogP contribution in [-0.4, -0.2) is 25.0 Å². The normalized spacial score (nSPS) is 19.8. The molecule has 0 unspecified atom stereocenters. The Kier molecular flexibility index (Phi) is 6.54. The Balaban J connectivity index is 1.78. The zero-order chi connectivity index (χ0) is 17.4. The molecule has 1 saturated carbocycles. The predicted molar refractivity (Wildman–Crippen MR) is 85.4 cm³/mol. The highest BCUT2D eigenvalue weighted by molar-refractivity contribution is 5.81. The molecule has 0 spiro atoms. The fourth-order valence-corrected chi connectivity index (χ4v) is 2.51. The first-order chi connectivity index (χ1) is 11.6. The smallest absolute Gasteiger partial charge is 0.333 e. The van der Waals surface area contributed by atoms with Crippen LogP contribution in [0.25, 0.3) is 0 Å². The number of hydrogen-bond acceptors (Lipinski definition) is 6. The van der Waals surface area contributed by atoms with Crippen LogP contribution < -0.4 is 9.47 Å². The monoisotopic (exact) mass is 332 g/mol. The molecule has 6 heteroatoms. The number of hydrogen-bond donors (Lipinski definition) is 0. The van der Waals surface area contributed by atoms with Crippen molar-refractivity contribution >= 4 is 18.2 Å². The van der Waals surface area contributed by atoms with Crippen molar-refractivity contribution in [3.8, 4) is 11.5 Å². The quantitative estimate of drug-likeness (QED) is 0.251. The minimum atomic E-state index is -0.565. The number of benzene rings is 1. The molecule has 2 rings (SSSR count). The van der Waals surface area contributed by atoms with Crippen molar-refractivity contribution in [2.24, 2.45) is 11.8 Å². The second kappa shape index (κ2) is 8.86. The fraction of sp³-hybridized carbons (Fsp3) is 0.389. The molecular weight excluding hydrogens is 312 g/mol. The van der Waals surface area contributed by atoms with Gasteiger partial charge in [0.05, 0.1) is 5.92 Å². The van der Waals surface area contributed by atoms with Crippen molar-refractivity contribution in [1.29, 1.82) is 0 Å². The molecule has 1 aliphatic carbocycles. The summed E-state index contributed by atoms with van der Waals surface area (Å²) in [6.07, 6.45) is 4.84. The van der Waals surface area contributed by atoms with E-state index >= 15 is 0 Å². The summed E-state index contributed by atoms with van der Waals surface area (Å²) in [5, 5.41) is 0. The van der Waals surface area contributed by atoms with Gasteiger partial charge in [0.1, 0.15) is 17.8 Å². The van der Waals surface area contributed by atoms with Crippen LogP contribution >= 0.6 is 0 Å². The third-order valence-corrected chi connectivity index (χ3v) is 3.93. The summed E-state index contributed by atoms with van der Waals surface area (Å²) >= 11 is 0. The van der Waals surface area contributed by atoms with Gasteiger partial charge in [-0.25, -0.2) is 4.79 Å². The van der Waals surface area contributed by atoms with Crippen molar-refractivity contribution in [1.82, 2.24) is 0 Å². The minimum absolute atomic E-state index is 0.0701. The van der Waals surface area contributed by atoms with Crippen molar-refractivity contribution in [2.75, 3.05) is 6.79 Å². The zero-order valence-corrected chi connectivity index (χ0v) is 13.3. The maximum Gasteiger partial charge on any atom is 0.333 e. The first-order valence-corrected chi connectivity index (χ1v) is 7.81. The van der Waals surface area contributed by atoms with Crippen molar-refractivity contribution in [3.63, 3.8) is 0 Å². The molecule has 0 aromatic heterocycles. The van der Waals surface area contributed by atoms with E-state index in [-0.39, 0.29) is 24.6 Å². The number of esters is 2. The lowest BCUT2D eigenvalue weighted by atomic mass is 9.83. The highest BCUT2D eigenvalue weighted by atomic mass is 16.7. The molecule has 1 aromatic rings. The van der Waals surface area contributed by atoms with E-state index in [1.165, 1.54) is 0 Å². The molecule has 0 atom stereocenters. The summed E-state index contributed by atoms with van der Waals surface area (Å²) in [4.78, 5) is 33.7. The molecule has 0 radical (unpaired) electrons. The highest BCUT2D eigenvalue weighted by Crippen LogP contribution is 2.29. The van der Waals surface area contributed by atoms with E-state index in [0.29, 0.717) is 24.3 Å². The lowest BCUT2D eigenvalue weighted by Crippen LogP contribution is -2.26. The van der Waals surface area contributed by atoms with E-state index in [0.717, 1.165) is 25.2 Å². The van der Waals surface area contributed by atoms with Crippen LogP contribution in [-0.2, 0) is 19.1 Å². The Morgan fingerprint density at radius 3 is 2.29 bits per heavy atom. The van der Waals surface area contributed by atoms with Gasteiger partial charge < -0.3 is 19.0 Å². The average molecular weight is 332 g/mol.